The van der Waals surface area contributed by atoms with E-state index in [4.69, 9.17) is 16.3 Å². The van der Waals surface area contributed by atoms with Gasteiger partial charge in [-0.15, -0.1) is 0 Å². The van der Waals surface area contributed by atoms with Crippen molar-refractivity contribution in [3.63, 3.8) is 0 Å². The van der Waals surface area contributed by atoms with Crippen molar-refractivity contribution in [2.45, 2.75) is 26.4 Å². The standard InChI is InChI=1S/C12H17ClO2/c1-4-8(2)12(14)9-5-6-11(15-3)10(13)7-9/h5-8,12,14H,4H2,1-3H3. The van der Waals surface area contributed by atoms with Crippen molar-refractivity contribution in [2.24, 2.45) is 5.92 Å². The Morgan fingerprint density at radius 1 is 1.47 bits per heavy atom. The van der Waals surface area contributed by atoms with Crippen LogP contribution in [-0.4, -0.2) is 12.2 Å². The van der Waals surface area contributed by atoms with Crippen LogP contribution in [0.15, 0.2) is 18.2 Å². The third kappa shape index (κ3) is 2.86. The molecule has 2 unspecified atom stereocenters. The van der Waals surface area contributed by atoms with Gasteiger partial charge in [-0.3, -0.25) is 0 Å². The Labute approximate surface area is 95.8 Å². The van der Waals surface area contributed by atoms with Crippen LogP contribution in [0.1, 0.15) is 31.9 Å². The van der Waals surface area contributed by atoms with E-state index < -0.39 is 6.10 Å². The second kappa shape index (κ2) is 5.38. The lowest BCUT2D eigenvalue weighted by atomic mass is 9.95. The largest absolute Gasteiger partial charge is 0.495 e. The summed E-state index contributed by atoms with van der Waals surface area (Å²) in [5, 5.41) is 10.5. The Morgan fingerprint density at radius 2 is 2.13 bits per heavy atom. The molecule has 0 bridgehead atoms. The molecule has 0 spiro atoms. The van der Waals surface area contributed by atoms with Gasteiger partial charge in [-0.1, -0.05) is 37.9 Å². The number of hydrogen-bond donors (Lipinski definition) is 1. The van der Waals surface area contributed by atoms with Crippen LogP contribution in [0.25, 0.3) is 0 Å². The van der Waals surface area contributed by atoms with E-state index in [0.29, 0.717) is 10.8 Å². The lowest BCUT2D eigenvalue weighted by molar-refractivity contribution is 0.115. The monoisotopic (exact) mass is 228 g/mol. The Balaban J connectivity index is 2.92. The molecular formula is C12H17ClO2. The van der Waals surface area contributed by atoms with E-state index in [1.54, 1.807) is 19.2 Å². The summed E-state index contributed by atoms with van der Waals surface area (Å²) in [6.07, 6.45) is 0.476. The smallest absolute Gasteiger partial charge is 0.137 e. The highest BCUT2D eigenvalue weighted by molar-refractivity contribution is 6.32. The van der Waals surface area contributed by atoms with E-state index in [1.165, 1.54) is 0 Å². The third-order valence-corrected chi connectivity index (χ3v) is 3.00. The first-order valence-electron chi connectivity index (χ1n) is 5.11. The Bertz CT molecular complexity index is 325. The molecule has 0 amide bonds. The Hall–Kier alpha value is -0.730. The van der Waals surface area contributed by atoms with Crippen LogP contribution >= 0.6 is 11.6 Å². The van der Waals surface area contributed by atoms with Gasteiger partial charge >= 0.3 is 0 Å². The molecule has 1 aromatic carbocycles. The summed E-state index contributed by atoms with van der Waals surface area (Å²) >= 11 is 5.99. The van der Waals surface area contributed by atoms with Gasteiger partial charge in [-0.05, 0) is 23.6 Å². The van der Waals surface area contributed by atoms with Gasteiger partial charge in [0.15, 0.2) is 0 Å². The van der Waals surface area contributed by atoms with Crippen molar-refractivity contribution in [3.05, 3.63) is 28.8 Å². The van der Waals surface area contributed by atoms with Crippen LogP contribution in [0.4, 0.5) is 0 Å². The molecule has 2 atom stereocenters. The molecule has 2 nitrogen and oxygen atoms in total. The van der Waals surface area contributed by atoms with Crippen LogP contribution in [0.2, 0.25) is 5.02 Å². The number of halogens is 1. The summed E-state index contributed by atoms with van der Waals surface area (Å²) in [4.78, 5) is 0. The van der Waals surface area contributed by atoms with Gasteiger partial charge < -0.3 is 9.84 Å². The Morgan fingerprint density at radius 3 is 2.60 bits per heavy atom. The molecule has 0 heterocycles. The molecule has 3 heteroatoms. The van der Waals surface area contributed by atoms with E-state index in [9.17, 15) is 5.11 Å². The number of aliphatic hydroxyl groups excluding tert-OH is 1. The summed E-state index contributed by atoms with van der Waals surface area (Å²) in [5.74, 6) is 0.867. The first kappa shape index (κ1) is 12.3. The molecule has 0 aromatic heterocycles. The average molecular weight is 229 g/mol. The molecule has 0 fully saturated rings. The highest BCUT2D eigenvalue weighted by atomic mass is 35.5. The van der Waals surface area contributed by atoms with Crippen molar-refractivity contribution in [2.75, 3.05) is 7.11 Å². The van der Waals surface area contributed by atoms with Crippen LogP contribution < -0.4 is 4.74 Å². The van der Waals surface area contributed by atoms with E-state index in [1.807, 2.05) is 13.0 Å². The maximum atomic E-state index is 9.98. The topological polar surface area (TPSA) is 29.5 Å². The molecule has 0 saturated heterocycles. The van der Waals surface area contributed by atoms with E-state index in [2.05, 4.69) is 6.92 Å². The van der Waals surface area contributed by atoms with Gasteiger partial charge in [0.2, 0.25) is 0 Å². The molecule has 1 N–H and O–H groups in total. The number of ether oxygens (including phenoxy) is 1. The zero-order chi connectivity index (χ0) is 11.4. The normalized spacial score (nSPS) is 14.7. The first-order chi connectivity index (χ1) is 7.10. The van der Waals surface area contributed by atoms with Gasteiger partial charge in [0, 0.05) is 0 Å². The lowest BCUT2D eigenvalue weighted by Gasteiger charge is -2.18. The van der Waals surface area contributed by atoms with Crippen LogP contribution in [0.5, 0.6) is 5.75 Å². The highest BCUT2D eigenvalue weighted by Crippen LogP contribution is 2.31. The van der Waals surface area contributed by atoms with Gasteiger partial charge in [0.05, 0.1) is 18.2 Å². The molecule has 0 aliphatic rings. The van der Waals surface area contributed by atoms with Crippen molar-refractivity contribution in [1.82, 2.24) is 0 Å². The molecule has 0 saturated carbocycles. The molecule has 0 aliphatic carbocycles. The van der Waals surface area contributed by atoms with Crippen molar-refractivity contribution < 1.29 is 9.84 Å². The number of benzene rings is 1. The average Bonchev–Trinajstić information content (AvgIpc) is 2.26. The van der Waals surface area contributed by atoms with E-state index in [-0.39, 0.29) is 5.92 Å². The number of methoxy groups -OCH3 is 1. The minimum atomic E-state index is -0.460. The molecule has 84 valence electrons. The quantitative estimate of drug-likeness (QED) is 0.856. The molecule has 0 aliphatic heterocycles. The fourth-order valence-corrected chi connectivity index (χ4v) is 1.68. The SMILES string of the molecule is CCC(C)C(O)c1ccc(OC)c(Cl)c1. The molecule has 1 rings (SSSR count). The summed E-state index contributed by atoms with van der Waals surface area (Å²) in [7, 11) is 1.58. The minimum absolute atomic E-state index is 0.231. The molecule has 0 radical (unpaired) electrons. The second-order valence-electron chi connectivity index (χ2n) is 3.72. The molecule has 1 aromatic rings. The maximum Gasteiger partial charge on any atom is 0.137 e. The Kier molecular flexibility index (Phi) is 4.43. The summed E-state index contributed by atoms with van der Waals surface area (Å²) < 4.78 is 5.05. The first-order valence-corrected chi connectivity index (χ1v) is 5.49. The van der Waals surface area contributed by atoms with Crippen molar-refractivity contribution >= 4 is 11.6 Å². The second-order valence-corrected chi connectivity index (χ2v) is 4.13. The summed E-state index contributed by atoms with van der Waals surface area (Å²) in [6, 6.07) is 5.39. The third-order valence-electron chi connectivity index (χ3n) is 2.70. The fourth-order valence-electron chi connectivity index (χ4n) is 1.42. The predicted octanol–water partition coefficient (Wildman–Crippen LogP) is 3.43. The minimum Gasteiger partial charge on any atom is -0.495 e. The summed E-state index contributed by atoms with van der Waals surface area (Å²) in [5.41, 5.74) is 0.843. The van der Waals surface area contributed by atoms with Gasteiger partial charge in [0.1, 0.15) is 5.75 Å². The zero-order valence-electron chi connectivity index (χ0n) is 9.33. The van der Waals surface area contributed by atoms with E-state index >= 15 is 0 Å². The fraction of sp³-hybridized carbons (Fsp3) is 0.500. The lowest BCUT2D eigenvalue weighted by Crippen LogP contribution is -2.08. The number of aliphatic hydroxyl groups is 1. The number of hydrogen-bond acceptors (Lipinski definition) is 2. The van der Waals surface area contributed by atoms with Crippen molar-refractivity contribution in [1.29, 1.82) is 0 Å². The zero-order valence-corrected chi connectivity index (χ0v) is 10.1. The van der Waals surface area contributed by atoms with Gasteiger partial charge in [0.25, 0.3) is 0 Å². The van der Waals surface area contributed by atoms with Crippen LogP contribution in [0.3, 0.4) is 0 Å². The molecule has 15 heavy (non-hydrogen) atoms. The highest BCUT2D eigenvalue weighted by Gasteiger charge is 2.15. The van der Waals surface area contributed by atoms with Crippen LogP contribution in [-0.2, 0) is 0 Å². The van der Waals surface area contributed by atoms with Crippen molar-refractivity contribution in [3.8, 4) is 5.75 Å². The molecular weight excluding hydrogens is 212 g/mol. The van der Waals surface area contributed by atoms with Gasteiger partial charge in [-0.25, -0.2) is 0 Å². The summed E-state index contributed by atoms with van der Waals surface area (Å²) in [6.45, 7) is 4.07. The number of rotatable bonds is 4. The van der Waals surface area contributed by atoms with Gasteiger partial charge in [-0.2, -0.15) is 0 Å². The predicted molar refractivity (Wildman–Crippen MR) is 62.4 cm³/mol. The van der Waals surface area contributed by atoms with Crippen LogP contribution in [0, 0.1) is 5.92 Å². The maximum absolute atomic E-state index is 9.98. The van der Waals surface area contributed by atoms with E-state index in [0.717, 1.165) is 12.0 Å².